The van der Waals surface area contributed by atoms with Gasteiger partial charge in [-0.05, 0) is 49.9 Å². The van der Waals surface area contributed by atoms with E-state index in [1.165, 1.54) is 12.8 Å². The van der Waals surface area contributed by atoms with Crippen LogP contribution >= 0.6 is 27.5 Å². The number of fused-ring (bicyclic) bond motifs is 1. The molecule has 106 valence electrons. The van der Waals surface area contributed by atoms with Crippen LogP contribution in [0.4, 0.5) is 0 Å². The fourth-order valence-corrected chi connectivity index (χ4v) is 6.13. The van der Waals surface area contributed by atoms with Crippen LogP contribution < -0.4 is 0 Å². The molecular weight excluding hydrogens is 312 g/mol. The first-order valence-electron chi connectivity index (χ1n) is 7.20. The summed E-state index contributed by atoms with van der Waals surface area (Å²) >= 11 is 10.7. The number of hydrogen-bond acceptors (Lipinski definition) is 1. The molecule has 0 aromatic carbocycles. The second kappa shape index (κ2) is 4.93. The van der Waals surface area contributed by atoms with Crippen molar-refractivity contribution in [2.75, 3.05) is 0 Å². The zero-order valence-electron chi connectivity index (χ0n) is 11.9. The molecule has 0 saturated heterocycles. The summed E-state index contributed by atoms with van der Waals surface area (Å²) in [5.41, 5.74) is -0.474. The maximum absolute atomic E-state index is 10.8. The van der Waals surface area contributed by atoms with Crippen molar-refractivity contribution in [3.63, 3.8) is 0 Å². The minimum Gasteiger partial charge on any atom is -0.390 e. The highest BCUT2D eigenvalue weighted by Crippen LogP contribution is 2.59. The lowest BCUT2D eigenvalue weighted by Crippen LogP contribution is -2.60. The maximum atomic E-state index is 10.8. The molecule has 0 heterocycles. The maximum Gasteiger partial charge on any atom is 0.0668 e. The van der Waals surface area contributed by atoms with Crippen molar-refractivity contribution in [3.8, 4) is 0 Å². The molecule has 3 heteroatoms. The highest BCUT2D eigenvalue weighted by atomic mass is 79.9. The lowest BCUT2D eigenvalue weighted by atomic mass is 9.52. The molecule has 0 amide bonds. The van der Waals surface area contributed by atoms with Crippen LogP contribution in [0.2, 0.25) is 0 Å². The lowest BCUT2D eigenvalue weighted by molar-refractivity contribution is -0.119. The van der Waals surface area contributed by atoms with Gasteiger partial charge in [0.15, 0.2) is 0 Å². The Morgan fingerprint density at radius 3 is 2.39 bits per heavy atom. The van der Waals surface area contributed by atoms with E-state index in [1.807, 2.05) is 6.92 Å². The average molecular weight is 338 g/mol. The molecule has 6 atom stereocenters. The van der Waals surface area contributed by atoms with Crippen LogP contribution in [0.25, 0.3) is 0 Å². The second-order valence-corrected chi connectivity index (χ2v) is 8.85. The van der Waals surface area contributed by atoms with Gasteiger partial charge in [0.25, 0.3) is 0 Å². The van der Waals surface area contributed by atoms with Crippen molar-refractivity contribution in [2.24, 2.45) is 23.2 Å². The lowest BCUT2D eigenvalue weighted by Gasteiger charge is -2.59. The van der Waals surface area contributed by atoms with Gasteiger partial charge in [0.2, 0.25) is 0 Å². The molecule has 0 spiro atoms. The topological polar surface area (TPSA) is 20.2 Å². The Morgan fingerprint density at radius 1 is 1.22 bits per heavy atom. The number of aliphatic hydroxyl groups is 1. The van der Waals surface area contributed by atoms with Crippen LogP contribution in [-0.4, -0.2) is 20.9 Å². The van der Waals surface area contributed by atoms with Gasteiger partial charge in [0.1, 0.15) is 0 Å². The summed E-state index contributed by atoms with van der Waals surface area (Å²) in [7, 11) is 0. The minimum absolute atomic E-state index is 0.0964. The minimum atomic E-state index is -0.612. The molecule has 2 fully saturated rings. The van der Waals surface area contributed by atoms with Gasteiger partial charge in [-0.15, -0.1) is 11.6 Å². The largest absolute Gasteiger partial charge is 0.390 e. The van der Waals surface area contributed by atoms with E-state index in [0.29, 0.717) is 16.7 Å². The van der Waals surface area contributed by atoms with Crippen molar-refractivity contribution in [2.45, 2.75) is 69.2 Å². The molecule has 2 rings (SSSR count). The Kier molecular flexibility index (Phi) is 4.14. The van der Waals surface area contributed by atoms with Gasteiger partial charge in [-0.2, -0.15) is 0 Å². The number of halogens is 2. The first-order valence-corrected chi connectivity index (χ1v) is 8.56. The average Bonchev–Trinajstić information content (AvgIpc) is 2.23. The quantitative estimate of drug-likeness (QED) is 0.694. The second-order valence-electron chi connectivity index (χ2n) is 7.24. The highest BCUT2D eigenvalue weighted by Gasteiger charge is 2.58. The number of rotatable bonds is 1. The Hall–Kier alpha value is 0.730. The van der Waals surface area contributed by atoms with Gasteiger partial charge in [-0.3, -0.25) is 0 Å². The van der Waals surface area contributed by atoms with Gasteiger partial charge < -0.3 is 5.11 Å². The van der Waals surface area contributed by atoms with E-state index in [4.69, 9.17) is 11.6 Å². The normalized spacial score (nSPS) is 53.3. The SMILES string of the molecule is CC(C)C1CC[C@]2(C)[C@@H](Br)CC[C@@](C)(O)[C@H]2[C@@H]1Cl. The van der Waals surface area contributed by atoms with Crippen LogP contribution in [0.5, 0.6) is 0 Å². The molecule has 1 N–H and O–H groups in total. The van der Waals surface area contributed by atoms with Crippen LogP contribution in [-0.2, 0) is 0 Å². The third-order valence-electron chi connectivity index (χ3n) is 5.60. The fraction of sp³-hybridized carbons (Fsp3) is 1.00. The van der Waals surface area contributed by atoms with Crippen molar-refractivity contribution < 1.29 is 5.11 Å². The molecule has 1 unspecified atom stereocenters. The first kappa shape index (κ1) is 15.1. The fourth-order valence-electron chi connectivity index (χ4n) is 4.41. The van der Waals surface area contributed by atoms with Crippen LogP contribution in [0.3, 0.4) is 0 Å². The summed E-state index contributed by atoms with van der Waals surface area (Å²) in [6.45, 7) is 8.82. The molecule has 0 radical (unpaired) electrons. The number of alkyl halides is 2. The summed E-state index contributed by atoms with van der Waals surface area (Å²) < 4.78 is 0. The van der Waals surface area contributed by atoms with Crippen molar-refractivity contribution in [3.05, 3.63) is 0 Å². The van der Waals surface area contributed by atoms with Crippen LogP contribution in [0.1, 0.15) is 53.4 Å². The van der Waals surface area contributed by atoms with E-state index in [9.17, 15) is 5.11 Å². The van der Waals surface area contributed by atoms with Gasteiger partial charge in [0, 0.05) is 16.1 Å². The monoisotopic (exact) mass is 336 g/mol. The predicted octanol–water partition coefficient (Wildman–Crippen LogP) is 4.59. The standard InChI is InChI=1S/C15H26BrClO/c1-9(2)10-5-7-14(3)11(16)6-8-15(4,18)13(14)12(10)17/h9-13,18H,5-8H2,1-4H3/t10?,11-,12+,13-,14+,15+/m0/s1. The smallest absolute Gasteiger partial charge is 0.0668 e. The summed E-state index contributed by atoms with van der Waals surface area (Å²) in [6.07, 6.45) is 4.28. The van der Waals surface area contributed by atoms with Crippen molar-refractivity contribution in [1.29, 1.82) is 0 Å². The Balaban J connectivity index is 2.35. The molecule has 2 aliphatic rings. The molecule has 0 aromatic rings. The summed E-state index contributed by atoms with van der Waals surface area (Å²) in [5.74, 6) is 1.34. The van der Waals surface area contributed by atoms with Crippen LogP contribution in [0, 0.1) is 23.2 Å². The first-order chi connectivity index (χ1) is 8.20. The van der Waals surface area contributed by atoms with Crippen molar-refractivity contribution in [1.82, 2.24) is 0 Å². The summed E-state index contributed by atoms with van der Waals surface area (Å²) in [5, 5.41) is 10.9. The molecule has 18 heavy (non-hydrogen) atoms. The van der Waals surface area contributed by atoms with Gasteiger partial charge in [-0.1, -0.05) is 36.7 Å². The van der Waals surface area contributed by atoms with E-state index in [1.54, 1.807) is 0 Å². The summed E-state index contributed by atoms with van der Waals surface area (Å²) in [6, 6.07) is 0. The molecule has 2 aliphatic carbocycles. The summed E-state index contributed by atoms with van der Waals surface area (Å²) in [4.78, 5) is 0.490. The van der Waals surface area contributed by atoms with E-state index < -0.39 is 5.60 Å². The van der Waals surface area contributed by atoms with E-state index in [-0.39, 0.29) is 16.7 Å². The highest BCUT2D eigenvalue weighted by molar-refractivity contribution is 9.09. The number of hydrogen-bond donors (Lipinski definition) is 1. The Labute approximate surface area is 125 Å². The molecule has 0 bridgehead atoms. The molecular formula is C15H26BrClO. The molecule has 1 nitrogen and oxygen atoms in total. The van der Waals surface area contributed by atoms with E-state index >= 15 is 0 Å². The van der Waals surface area contributed by atoms with Gasteiger partial charge in [-0.25, -0.2) is 0 Å². The van der Waals surface area contributed by atoms with Crippen LogP contribution in [0.15, 0.2) is 0 Å². The molecule has 2 saturated carbocycles. The Morgan fingerprint density at radius 2 is 1.83 bits per heavy atom. The van der Waals surface area contributed by atoms with Crippen molar-refractivity contribution >= 4 is 27.5 Å². The molecule has 0 aromatic heterocycles. The predicted molar refractivity (Wildman–Crippen MR) is 81.4 cm³/mol. The molecule has 0 aliphatic heterocycles. The third-order valence-corrected chi connectivity index (χ3v) is 7.68. The zero-order chi connectivity index (χ0) is 13.7. The zero-order valence-corrected chi connectivity index (χ0v) is 14.3. The van der Waals surface area contributed by atoms with E-state index in [0.717, 1.165) is 12.8 Å². The van der Waals surface area contributed by atoms with E-state index in [2.05, 4.69) is 36.7 Å². The third kappa shape index (κ3) is 2.27. The van der Waals surface area contributed by atoms with Gasteiger partial charge >= 0.3 is 0 Å². The van der Waals surface area contributed by atoms with Gasteiger partial charge in [0.05, 0.1) is 5.60 Å². The Bertz CT molecular complexity index is 318.